The Morgan fingerprint density at radius 2 is 1.67 bits per heavy atom. The summed E-state index contributed by atoms with van der Waals surface area (Å²) in [6, 6.07) is 0.222. The SMILES string of the molecule is CCCCc1c(F)c(F)cc(F)c1F.NNC=O. The highest BCUT2D eigenvalue weighted by Gasteiger charge is 2.17. The Balaban J connectivity index is 0.000000631. The maximum atomic E-state index is 13.0. The summed E-state index contributed by atoms with van der Waals surface area (Å²) in [7, 11) is 0. The first-order chi connectivity index (χ1) is 8.49. The third-order valence-corrected chi connectivity index (χ3v) is 2.05. The van der Waals surface area contributed by atoms with Gasteiger partial charge >= 0.3 is 0 Å². The topological polar surface area (TPSA) is 55.1 Å². The third kappa shape index (κ3) is 4.70. The van der Waals surface area contributed by atoms with Crippen LogP contribution in [0.25, 0.3) is 0 Å². The number of hydrazine groups is 1. The Morgan fingerprint density at radius 1 is 1.22 bits per heavy atom. The molecule has 102 valence electrons. The Bertz CT molecular complexity index is 373. The molecule has 0 aromatic heterocycles. The Labute approximate surface area is 102 Å². The minimum Gasteiger partial charge on any atom is -0.297 e. The van der Waals surface area contributed by atoms with Crippen LogP contribution in [0.15, 0.2) is 6.07 Å². The maximum Gasteiger partial charge on any atom is 0.221 e. The van der Waals surface area contributed by atoms with Gasteiger partial charge in [-0.05, 0) is 12.8 Å². The van der Waals surface area contributed by atoms with E-state index in [0.29, 0.717) is 19.3 Å². The number of amides is 1. The average Bonchev–Trinajstić information content (AvgIpc) is 2.37. The van der Waals surface area contributed by atoms with Crippen molar-refractivity contribution in [2.45, 2.75) is 26.2 Å². The van der Waals surface area contributed by atoms with Crippen molar-refractivity contribution in [2.75, 3.05) is 0 Å². The van der Waals surface area contributed by atoms with Gasteiger partial charge in [-0.2, -0.15) is 0 Å². The van der Waals surface area contributed by atoms with Crippen molar-refractivity contribution in [1.82, 2.24) is 5.43 Å². The summed E-state index contributed by atoms with van der Waals surface area (Å²) >= 11 is 0. The Hall–Kier alpha value is -1.63. The van der Waals surface area contributed by atoms with E-state index in [1.54, 1.807) is 5.43 Å². The van der Waals surface area contributed by atoms with Gasteiger partial charge in [0.25, 0.3) is 0 Å². The highest BCUT2D eigenvalue weighted by atomic mass is 19.2. The van der Waals surface area contributed by atoms with Crippen molar-refractivity contribution in [3.05, 3.63) is 34.9 Å². The van der Waals surface area contributed by atoms with Gasteiger partial charge in [0.2, 0.25) is 6.41 Å². The van der Waals surface area contributed by atoms with Crippen LogP contribution in [0.3, 0.4) is 0 Å². The smallest absolute Gasteiger partial charge is 0.221 e. The number of halogens is 4. The van der Waals surface area contributed by atoms with E-state index in [1.807, 2.05) is 6.92 Å². The van der Waals surface area contributed by atoms with E-state index >= 15 is 0 Å². The number of carbonyl (C=O) groups excluding carboxylic acids is 1. The third-order valence-electron chi connectivity index (χ3n) is 2.05. The molecule has 0 aliphatic rings. The molecule has 0 aliphatic heterocycles. The van der Waals surface area contributed by atoms with Crippen LogP contribution in [0.1, 0.15) is 25.3 Å². The number of nitrogens with two attached hydrogens (primary N) is 1. The number of carbonyl (C=O) groups is 1. The normalized spacial score (nSPS) is 9.44. The summed E-state index contributed by atoms with van der Waals surface area (Å²) in [5.74, 6) is -0.827. The minimum atomic E-state index is -1.34. The second-order valence-corrected chi connectivity index (χ2v) is 3.33. The number of nitrogens with one attached hydrogen (secondary N) is 1. The second kappa shape index (κ2) is 8.46. The van der Waals surface area contributed by atoms with Gasteiger partial charge in [-0.1, -0.05) is 13.3 Å². The number of unbranched alkanes of at least 4 members (excludes halogenated alkanes) is 1. The molecule has 0 radical (unpaired) electrons. The quantitative estimate of drug-likeness (QED) is 0.219. The van der Waals surface area contributed by atoms with Crippen molar-refractivity contribution < 1.29 is 22.4 Å². The predicted molar refractivity (Wildman–Crippen MR) is 58.3 cm³/mol. The van der Waals surface area contributed by atoms with E-state index in [4.69, 9.17) is 4.79 Å². The molecule has 0 atom stereocenters. The van der Waals surface area contributed by atoms with Gasteiger partial charge in [-0.3, -0.25) is 10.2 Å². The van der Waals surface area contributed by atoms with Crippen molar-refractivity contribution in [2.24, 2.45) is 5.84 Å². The summed E-state index contributed by atoms with van der Waals surface area (Å²) in [4.78, 5) is 8.94. The lowest BCUT2D eigenvalue weighted by Crippen LogP contribution is -2.18. The average molecular weight is 266 g/mol. The maximum absolute atomic E-state index is 13.0. The van der Waals surface area contributed by atoms with Gasteiger partial charge in [0.05, 0.1) is 0 Å². The zero-order valence-electron chi connectivity index (χ0n) is 9.77. The van der Waals surface area contributed by atoms with E-state index < -0.39 is 28.8 Å². The van der Waals surface area contributed by atoms with Gasteiger partial charge in [0.1, 0.15) is 0 Å². The van der Waals surface area contributed by atoms with Crippen LogP contribution in [0.4, 0.5) is 17.6 Å². The van der Waals surface area contributed by atoms with Crippen molar-refractivity contribution in [3.63, 3.8) is 0 Å². The summed E-state index contributed by atoms with van der Waals surface area (Å²) in [5.41, 5.74) is 1.25. The monoisotopic (exact) mass is 266 g/mol. The molecule has 1 aromatic rings. The molecule has 1 rings (SSSR count). The van der Waals surface area contributed by atoms with Crippen molar-refractivity contribution >= 4 is 6.41 Å². The Kier molecular flexibility index (Phi) is 7.69. The molecule has 0 heterocycles. The van der Waals surface area contributed by atoms with E-state index in [2.05, 4.69) is 5.84 Å². The summed E-state index contributed by atoms with van der Waals surface area (Å²) < 4.78 is 51.3. The second-order valence-electron chi connectivity index (χ2n) is 3.33. The lowest BCUT2D eigenvalue weighted by atomic mass is 10.1. The molecule has 3 nitrogen and oxygen atoms in total. The molecule has 0 spiro atoms. The van der Waals surface area contributed by atoms with Gasteiger partial charge in [0.15, 0.2) is 23.3 Å². The zero-order valence-corrected chi connectivity index (χ0v) is 9.77. The van der Waals surface area contributed by atoms with E-state index in [0.717, 1.165) is 0 Å². The largest absolute Gasteiger partial charge is 0.297 e. The van der Waals surface area contributed by atoms with Crippen LogP contribution in [-0.2, 0) is 11.2 Å². The molecule has 18 heavy (non-hydrogen) atoms. The van der Waals surface area contributed by atoms with E-state index in [9.17, 15) is 17.6 Å². The van der Waals surface area contributed by atoms with Gasteiger partial charge in [-0.15, -0.1) is 0 Å². The molecule has 0 unspecified atom stereocenters. The van der Waals surface area contributed by atoms with Crippen molar-refractivity contribution in [3.8, 4) is 0 Å². The number of hydrogen-bond acceptors (Lipinski definition) is 2. The van der Waals surface area contributed by atoms with E-state index in [1.165, 1.54) is 0 Å². The number of benzene rings is 1. The lowest BCUT2D eigenvalue weighted by Gasteiger charge is -2.05. The predicted octanol–water partition coefficient (Wildman–Crippen LogP) is 2.19. The van der Waals surface area contributed by atoms with Gasteiger partial charge in [0, 0.05) is 11.6 Å². The van der Waals surface area contributed by atoms with Crippen LogP contribution < -0.4 is 11.3 Å². The summed E-state index contributed by atoms with van der Waals surface area (Å²) in [5, 5.41) is 0. The fraction of sp³-hybridized carbons (Fsp3) is 0.364. The number of hydrogen-bond donors (Lipinski definition) is 2. The highest BCUT2D eigenvalue weighted by molar-refractivity contribution is 5.44. The van der Waals surface area contributed by atoms with Crippen LogP contribution in [-0.4, -0.2) is 6.41 Å². The zero-order chi connectivity index (χ0) is 14.1. The molecule has 3 N–H and O–H groups in total. The first-order valence-electron chi connectivity index (χ1n) is 5.21. The fourth-order valence-electron chi connectivity index (χ4n) is 1.20. The first-order valence-corrected chi connectivity index (χ1v) is 5.21. The molecule has 0 saturated carbocycles. The van der Waals surface area contributed by atoms with Gasteiger partial charge < -0.3 is 0 Å². The number of rotatable bonds is 4. The molecule has 0 saturated heterocycles. The standard InChI is InChI=1S/C10H10F4.CH4N2O/c1-2-3-4-6-9(13)7(11)5-8(12)10(6)14;2-3-1-4/h5H,2-4H2,1H3;1H,2H2,(H,3,4). The molecule has 0 aliphatic carbocycles. The van der Waals surface area contributed by atoms with E-state index in [-0.39, 0.29) is 12.5 Å². The molecule has 1 aromatic carbocycles. The van der Waals surface area contributed by atoms with Gasteiger partial charge in [-0.25, -0.2) is 23.4 Å². The van der Waals surface area contributed by atoms with Crippen LogP contribution in [0, 0.1) is 23.3 Å². The molecular formula is C11H14F4N2O. The molecule has 0 bridgehead atoms. The van der Waals surface area contributed by atoms with Crippen molar-refractivity contribution in [1.29, 1.82) is 0 Å². The highest BCUT2D eigenvalue weighted by Crippen LogP contribution is 2.20. The molecule has 0 fully saturated rings. The van der Waals surface area contributed by atoms with Crippen LogP contribution >= 0.6 is 0 Å². The summed E-state index contributed by atoms with van der Waals surface area (Å²) in [6.07, 6.45) is 1.62. The first kappa shape index (κ1) is 16.4. The molecule has 7 heteroatoms. The Morgan fingerprint density at radius 3 is 2.00 bits per heavy atom. The minimum absolute atomic E-state index is 0.0167. The molecule has 1 amide bonds. The lowest BCUT2D eigenvalue weighted by molar-refractivity contribution is -0.109. The molecular weight excluding hydrogens is 252 g/mol. The van der Waals surface area contributed by atoms with Crippen LogP contribution in [0.2, 0.25) is 0 Å². The van der Waals surface area contributed by atoms with Crippen LogP contribution in [0.5, 0.6) is 0 Å². The fourth-order valence-corrected chi connectivity index (χ4v) is 1.20. The summed E-state index contributed by atoms with van der Waals surface area (Å²) in [6.45, 7) is 1.82.